The number of nitrogens with one attached hydrogen (secondary N) is 1. The summed E-state index contributed by atoms with van der Waals surface area (Å²) in [5.74, 6) is -0.0895. The number of methoxy groups -OCH3 is 1. The Morgan fingerprint density at radius 3 is 2.62 bits per heavy atom. The number of fused-ring (bicyclic) bond motifs is 1. The smallest absolute Gasteiger partial charge is 0.355 e. The lowest BCUT2D eigenvalue weighted by Crippen LogP contribution is -2.17. The van der Waals surface area contributed by atoms with Gasteiger partial charge < -0.3 is 9.47 Å². The van der Waals surface area contributed by atoms with Gasteiger partial charge in [0.1, 0.15) is 16.4 Å². The molecule has 0 spiro atoms. The van der Waals surface area contributed by atoms with E-state index >= 15 is 0 Å². The first kappa shape index (κ1) is 21.5. The third-order valence-electron chi connectivity index (χ3n) is 4.54. The first-order valence-corrected chi connectivity index (χ1v) is 10.7. The monoisotopic (exact) mass is 464 g/mol. The van der Waals surface area contributed by atoms with Gasteiger partial charge >= 0.3 is 5.97 Å². The SMILES string of the molecule is COc1cccc(C(=O)NN=Cc2ccccc2OC(=O)c2sc3ccccc3c2Cl)c1. The van der Waals surface area contributed by atoms with E-state index < -0.39 is 11.9 Å². The zero-order valence-corrected chi connectivity index (χ0v) is 18.4. The topological polar surface area (TPSA) is 77.0 Å². The lowest BCUT2D eigenvalue weighted by molar-refractivity contribution is 0.0739. The fourth-order valence-electron chi connectivity index (χ4n) is 2.96. The van der Waals surface area contributed by atoms with E-state index in [9.17, 15) is 9.59 Å². The summed E-state index contributed by atoms with van der Waals surface area (Å²) < 4.78 is 11.6. The van der Waals surface area contributed by atoms with Gasteiger partial charge in [0.2, 0.25) is 0 Å². The minimum absolute atomic E-state index is 0.297. The van der Waals surface area contributed by atoms with Crippen molar-refractivity contribution in [2.45, 2.75) is 0 Å². The van der Waals surface area contributed by atoms with Crippen molar-refractivity contribution in [2.24, 2.45) is 5.10 Å². The lowest BCUT2D eigenvalue weighted by Gasteiger charge is -2.07. The minimum atomic E-state index is -0.558. The number of hydrogen-bond acceptors (Lipinski definition) is 6. The van der Waals surface area contributed by atoms with Crippen molar-refractivity contribution >= 4 is 51.1 Å². The van der Waals surface area contributed by atoms with Crippen LogP contribution in [0.15, 0.2) is 77.9 Å². The maximum absolute atomic E-state index is 12.8. The molecule has 160 valence electrons. The lowest BCUT2D eigenvalue weighted by atomic mass is 10.2. The van der Waals surface area contributed by atoms with Crippen molar-refractivity contribution in [2.75, 3.05) is 7.11 Å². The van der Waals surface area contributed by atoms with Crippen molar-refractivity contribution in [1.82, 2.24) is 5.43 Å². The van der Waals surface area contributed by atoms with Crippen molar-refractivity contribution in [3.05, 3.63) is 93.8 Å². The van der Waals surface area contributed by atoms with E-state index in [-0.39, 0.29) is 0 Å². The predicted octanol–water partition coefficient (Wildman–Crippen LogP) is 5.55. The third-order valence-corrected chi connectivity index (χ3v) is 6.20. The summed E-state index contributed by atoms with van der Waals surface area (Å²) in [5, 5.41) is 5.16. The van der Waals surface area contributed by atoms with Crippen molar-refractivity contribution in [3.8, 4) is 11.5 Å². The number of amides is 1. The molecule has 0 saturated carbocycles. The van der Waals surface area contributed by atoms with Crippen LogP contribution in [-0.2, 0) is 0 Å². The van der Waals surface area contributed by atoms with E-state index in [0.29, 0.717) is 32.5 Å². The maximum Gasteiger partial charge on any atom is 0.355 e. The molecule has 32 heavy (non-hydrogen) atoms. The highest BCUT2D eigenvalue weighted by Gasteiger charge is 2.19. The summed E-state index contributed by atoms with van der Waals surface area (Å²) >= 11 is 7.66. The molecule has 0 bridgehead atoms. The van der Waals surface area contributed by atoms with Crippen LogP contribution >= 0.6 is 22.9 Å². The molecule has 8 heteroatoms. The van der Waals surface area contributed by atoms with Crippen molar-refractivity contribution in [1.29, 1.82) is 0 Å². The van der Waals surface area contributed by atoms with Gasteiger partial charge in [0, 0.05) is 21.2 Å². The van der Waals surface area contributed by atoms with Crippen LogP contribution < -0.4 is 14.9 Å². The summed E-state index contributed by atoms with van der Waals surface area (Å²) in [6.07, 6.45) is 1.41. The Hall–Kier alpha value is -3.68. The maximum atomic E-state index is 12.8. The van der Waals surface area contributed by atoms with Crippen LogP contribution in [0, 0.1) is 0 Å². The number of carbonyl (C=O) groups is 2. The molecule has 1 amide bonds. The van der Waals surface area contributed by atoms with Crippen molar-refractivity contribution in [3.63, 3.8) is 0 Å². The standard InChI is InChI=1S/C24H17ClN2O4S/c1-30-17-9-6-8-15(13-17)23(28)27-26-14-16-7-2-4-11-19(16)31-24(29)22-21(25)18-10-3-5-12-20(18)32-22/h2-14H,1H3,(H,27,28). The van der Waals surface area contributed by atoms with E-state index in [1.807, 2.05) is 24.3 Å². The molecule has 4 rings (SSSR count). The van der Waals surface area contributed by atoms with Gasteiger partial charge in [0.05, 0.1) is 18.3 Å². The summed E-state index contributed by atoms with van der Waals surface area (Å²) in [5.41, 5.74) is 3.37. The molecule has 0 fully saturated rings. The highest BCUT2D eigenvalue weighted by Crippen LogP contribution is 2.36. The Morgan fingerprint density at radius 2 is 1.81 bits per heavy atom. The summed E-state index contributed by atoms with van der Waals surface area (Å²) in [6.45, 7) is 0. The number of carbonyl (C=O) groups excluding carboxylic acids is 2. The van der Waals surface area contributed by atoms with Gasteiger partial charge in [-0.2, -0.15) is 5.10 Å². The second kappa shape index (κ2) is 9.64. The number of esters is 1. The van der Waals surface area contributed by atoms with Crippen LogP contribution in [-0.4, -0.2) is 25.2 Å². The average molecular weight is 465 g/mol. The van der Waals surface area contributed by atoms with Gasteiger partial charge in [-0.15, -0.1) is 11.3 Å². The molecule has 0 aliphatic heterocycles. The normalized spacial score (nSPS) is 10.9. The Labute approximate surface area is 193 Å². The molecule has 1 N–H and O–H groups in total. The van der Waals surface area contributed by atoms with Gasteiger partial charge in [-0.3, -0.25) is 4.79 Å². The molecule has 0 aliphatic rings. The van der Waals surface area contributed by atoms with E-state index in [4.69, 9.17) is 21.1 Å². The van der Waals surface area contributed by atoms with Gasteiger partial charge in [-0.25, -0.2) is 10.2 Å². The number of para-hydroxylation sites is 1. The van der Waals surface area contributed by atoms with Crippen molar-refractivity contribution < 1.29 is 19.1 Å². The van der Waals surface area contributed by atoms with Gasteiger partial charge in [-0.1, -0.05) is 48.0 Å². The first-order valence-electron chi connectivity index (χ1n) is 9.52. The number of hydrogen-bond donors (Lipinski definition) is 1. The molecule has 6 nitrogen and oxygen atoms in total. The molecule has 1 heterocycles. The Morgan fingerprint density at radius 1 is 1.03 bits per heavy atom. The number of halogens is 1. The Bertz CT molecular complexity index is 1330. The molecule has 0 aliphatic carbocycles. The van der Waals surface area contributed by atoms with Gasteiger partial charge in [0.15, 0.2) is 0 Å². The number of nitrogens with zero attached hydrogens (tertiary/aromatic N) is 1. The minimum Gasteiger partial charge on any atom is -0.497 e. The molecule has 3 aromatic carbocycles. The molecule has 1 aromatic heterocycles. The van der Waals surface area contributed by atoms with Crippen LogP contribution in [0.3, 0.4) is 0 Å². The molecule has 0 saturated heterocycles. The molecular weight excluding hydrogens is 448 g/mol. The summed E-state index contributed by atoms with van der Waals surface area (Å²) in [6, 6.07) is 21.1. The summed E-state index contributed by atoms with van der Waals surface area (Å²) in [7, 11) is 1.53. The number of thiophene rings is 1. The Balaban J connectivity index is 1.49. The van der Waals surface area contributed by atoms with E-state index in [2.05, 4.69) is 10.5 Å². The zero-order chi connectivity index (χ0) is 22.5. The highest BCUT2D eigenvalue weighted by atomic mass is 35.5. The predicted molar refractivity (Wildman–Crippen MR) is 126 cm³/mol. The van der Waals surface area contributed by atoms with E-state index in [1.165, 1.54) is 24.7 Å². The fourth-order valence-corrected chi connectivity index (χ4v) is 4.35. The number of ether oxygens (including phenoxy) is 2. The van der Waals surface area contributed by atoms with Crippen LogP contribution in [0.4, 0.5) is 0 Å². The summed E-state index contributed by atoms with van der Waals surface area (Å²) in [4.78, 5) is 25.4. The quantitative estimate of drug-likeness (QED) is 0.176. The second-order valence-electron chi connectivity index (χ2n) is 6.60. The van der Waals surface area contributed by atoms with Crippen LogP contribution in [0.2, 0.25) is 5.02 Å². The largest absolute Gasteiger partial charge is 0.497 e. The molecular formula is C24H17ClN2O4S. The van der Waals surface area contributed by atoms with Crippen LogP contribution in [0.25, 0.3) is 10.1 Å². The number of benzene rings is 3. The molecule has 0 atom stereocenters. The molecule has 4 aromatic rings. The average Bonchev–Trinajstić information content (AvgIpc) is 3.17. The molecule has 0 radical (unpaired) electrons. The van der Waals surface area contributed by atoms with E-state index in [0.717, 1.165) is 10.1 Å². The van der Waals surface area contributed by atoms with E-state index in [1.54, 1.807) is 48.5 Å². The first-order chi connectivity index (χ1) is 15.6. The number of rotatable bonds is 6. The second-order valence-corrected chi connectivity index (χ2v) is 8.03. The fraction of sp³-hybridized carbons (Fsp3) is 0.0417. The highest BCUT2D eigenvalue weighted by molar-refractivity contribution is 7.21. The zero-order valence-electron chi connectivity index (χ0n) is 16.9. The third kappa shape index (κ3) is 4.64. The number of hydrazone groups is 1. The van der Waals surface area contributed by atoms with Gasteiger partial charge in [0.25, 0.3) is 5.91 Å². The molecule has 0 unspecified atom stereocenters. The van der Waals surface area contributed by atoms with Crippen LogP contribution in [0.1, 0.15) is 25.6 Å². The van der Waals surface area contributed by atoms with Gasteiger partial charge in [-0.05, 0) is 36.4 Å². The van der Waals surface area contributed by atoms with Crippen LogP contribution in [0.5, 0.6) is 11.5 Å². The Kier molecular flexibility index (Phi) is 6.49.